The van der Waals surface area contributed by atoms with Crippen LogP contribution in [0.4, 0.5) is 24.5 Å². The summed E-state index contributed by atoms with van der Waals surface area (Å²) in [5.74, 6) is -1.69. The molecular formula is C32H24Cl2F3N3O3S. The summed E-state index contributed by atoms with van der Waals surface area (Å²) in [6.45, 7) is 1.58. The molecule has 0 fully saturated rings. The van der Waals surface area contributed by atoms with Gasteiger partial charge in [0, 0.05) is 21.2 Å². The maximum Gasteiger partial charge on any atom is 0.416 e. The first kappa shape index (κ1) is 32.7. The summed E-state index contributed by atoms with van der Waals surface area (Å²) < 4.78 is 39.3. The first-order valence-electron chi connectivity index (χ1n) is 13.0. The van der Waals surface area contributed by atoms with Crippen LogP contribution >= 0.6 is 35.0 Å². The van der Waals surface area contributed by atoms with E-state index >= 15 is 0 Å². The Morgan fingerprint density at radius 2 is 1.52 bits per heavy atom. The first-order chi connectivity index (χ1) is 20.9. The zero-order chi connectivity index (χ0) is 31.9. The summed E-state index contributed by atoms with van der Waals surface area (Å²) in [4.78, 5) is 39.6. The second-order valence-electron chi connectivity index (χ2n) is 9.32. The van der Waals surface area contributed by atoms with Crippen molar-refractivity contribution in [2.75, 3.05) is 10.6 Å². The van der Waals surface area contributed by atoms with Gasteiger partial charge < -0.3 is 16.0 Å². The van der Waals surface area contributed by atoms with Crippen molar-refractivity contribution in [1.82, 2.24) is 5.32 Å². The Bertz CT molecular complexity index is 1720. The molecule has 6 nitrogen and oxygen atoms in total. The van der Waals surface area contributed by atoms with Crippen LogP contribution in [0, 0.1) is 0 Å². The lowest BCUT2D eigenvalue weighted by Gasteiger charge is -2.15. The highest BCUT2D eigenvalue weighted by atomic mass is 35.5. The molecule has 0 radical (unpaired) electrons. The number of carbonyl (C=O) groups is 3. The van der Waals surface area contributed by atoms with Gasteiger partial charge in [-0.2, -0.15) is 13.2 Å². The van der Waals surface area contributed by atoms with E-state index in [0.29, 0.717) is 26.7 Å². The predicted molar refractivity (Wildman–Crippen MR) is 169 cm³/mol. The molecule has 0 aliphatic rings. The summed E-state index contributed by atoms with van der Waals surface area (Å²) in [5.41, 5.74) is 0.0719. The first-order valence-corrected chi connectivity index (χ1v) is 14.6. The molecule has 0 saturated carbocycles. The molecule has 226 valence electrons. The van der Waals surface area contributed by atoms with Gasteiger partial charge in [-0.15, -0.1) is 11.8 Å². The third kappa shape index (κ3) is 8.89. The van der Waals surface area contributed by atoms with E-state index in [4.69, 9.17) is 23.2 Å². The van der Waals surface area contributed by atoms with E-state index in [2.05, 4.69) is 16.0 Å². The lowest BCUT2D eigenvalue weighted by Crippen LogP contribution is -2.30. The van der Waals surface area contributed by atoms with Gasteiger partial charge in [-0.25, -0.2) is 0 Å². The highest BCUT2D eigenvalue weighted by molar-refractivity contribution is 8.00. The van der Waals surface area contributed by atoms with Crippen LogP contribution in [0.1, 0.15) is 28.4 Å². The minimum absolute atomic E-state index is 0.0340. The summed E-state index contributed by atoms with van der Waals surface area (Å²) >= 11 is 13.4. The largest absolute Gasteiger partial charge is 0.416 e. The molecule has 0 aliphatic heterocycles. The normalized spacial score (nSPS) is 12.3. The maximum atomic E-state index is 13.4. The van der Waals surface area contributed by atoms with Gasteiger partial charge in [0.1, 0.15) is 5.70 Å². The molecule has 0 bridgehead atoms. The molecule has 3 amide bonds. The number of anilines is 2. The van der Waals surface area contributed by atoms with Gasteiger partial charge in [0.15, 0.2) is 0 Å². The van der Waals surface area contributed by atoms with Gasteiger partial charge in [0.25, 0.3) is 11.8 Å². The fourth-order valence-electron chi connectivity index (χ4n) is 3.83. The van der Waals surface area contributed by atoms with Crippen LogP contribution in [-0.4, -0.2) is 23.0 Å². The third-order valence-electron chi connectivity index (χ3n) is 6.06. The number of benzene rings is 4. The number of alkyl halides is 3. The highest BCUT2D eigenvalue weighted by Crippen LogP contribution is 2.34. The summed E-state index contributed by atoms with van der Waals surface area (Å²) in [7, 11) is 0. The number of hydrogen-bond acceptors (Lipinski definition) is 4. The molecule has 0 aliphatic carbocycles. The average molecular weight is 659 g/mol. The molecule has 4 rings (SSSR count). The smallest absolute Gasteiger partial charge is 0.324 e. The SMILES string of the molecule is CC(Sc1cccc(NC(=O)/C(=C\c2ccccc2Cl)NC(=O)c2ccccc2)c1)C(=O)Nc1cc(C(F)(F)F)ccc1Cl. The van der Waals surface area contributed by atoms with Crippen molar-refractivity contribution in [2.24, 2.45) is 0 Å². The van der Waals surface area contributed by atoms with Crippen LogP contribution in [0.25, 0.3) is 6.08 Å². The van der Waals surface area contributed by atoms with Gasteiger partial charge in [-0.1, -0.05) is 65.7 Å². The Morgan fingerprint density at radius 3 is 2.23 bits per heavy atom. The van der Waals surface area contributed by atoms with Crippen LogP contribution in [0.5, 0.6) is 0 Å². The van der Waals surface area contributed by atoms with Crippen LogP contribution in [-0.2, 0) is 15.8 Å². The summed E-state index contributed by atoms with van der Waals surface area (Å²) in [6, 6.07) is 24.5. The van der Waals surface area contributed by atoms with Crippen LogP contribution < -0.4 is 16.0 Å². The second-order valence-corrected chi connectivity index (χ2v) is 11.6. The van der Waals surface area contributed by atoms with Crippen molar-refractivity contribution >= 4 is 70.1 Å². The minimum atomic E-state index is -4.60. The maximum absolute atomic E-state index is 13.4. The van der Waals surface area contributed by atoms with E-state index in [1.807, 2.05) is 0 Å². The molecule has 4 aromatic carbocycles. The number of nitrogens with one attached hydrogen (secondary N) is 3. The Labute approximate surface area is 265 Å². The zero-order valence-corrected chi connectivity index (χ0v) is 25.2. The van der Waals surface area contributed by atoms with E-state index in [1.54, 1.807) is 85.8 Å². The van der Waals surface area contributed by atoms with Crippen molar-refractivity contribution in [2.45, 2.75) is 23.2 Å². The van der Waals surface area contributed by atoms with Gasteiger partial charge in [-0.05, 0) is 73.2 Å². The Kier molecular flexibility index (Phi) is 10.7. The number of carbonyl (C=O) groups excluding carboxylic acids is 3. The molecule has 12 heteroatoms. The minimum Gasteiger partial charge on any atom is -0.324 e. The van der Waals surface area contributed by atoms with Crippen molar-refractivity contribution in [3.63, 3.8) is 0 Å². The van der Waals surface area contributed by atoms with Crippen LogP contribution in [0.15, 0.2) is 108 Å². The fraction of sp³-hybridized carbons (Fsp3) is 0.0938. The Morgan fingerprint density at radius 1 is 0.818 bits per heavy atom. The molecule has 44 heavy (non-hydrogen) atoms. The Balaban J connectivity index is 1.48. The number of rotatable bonds is 9. The summed E-state index contributed by atoms with van der Waals surface area (Å²) in [5, 5.41) is 7.44. The molecule has 0 heterocycles. The lowest BCUT2D eigenvalue weighted by molar-refractivity contribution is -0.137. The van der Waals surface area contributed by atoms with E-state index in [-0.39, 0.29) is 16.4 Å². The predicted octanol–water partition coefficient (Wildman–Crippen LogP) is 8.54. The topological polar surface area (TPSA) is 87.3 Å². The number of thioether (sulfide) groups is 1. The van der Waals surface area contributed by atoms with E-state index in [0.717, 1.165) is 30.0 Å². The molecule has 0 aromatic heterocycles. The van der Waals surface area contributed by atoms with Gasteiger partial charge in [0.2, 0.25) is 5.91 Å². The number of amides is 3. The van der Waals surface area contributed by atoms with Crippen LogP contribution in [0.3, 0.4) is 0 Å². The standard InChI is InChI=1S/C32H24Cl2F3N3O3S/c1-19(29(41)39-27-17-22(32(35,36)37)14-15-26(27)34)44-24-12-7-11-23(18-24)38-31(43)28(16-21-10-5-6-13-25(21)33)40-30(42)20-8-3-2-4-9-20/h2-19H,1H3,(H,38,43)(H,39,41)(H,40,42)/b28-16+. The van der Waals surface area contributed by atoms with E-state index in [1.165, 1.54) is 6.08 Å². The molecule has 0 spiro atoms. The molecular weight excluding hydrogens is 634 g/mol. The number of halogens is 5. The fourth-order valence-corrected chi connectivity index (χ4v) is 5.11. The number of hydrogen-bond donors (Lipinski definition) is 3. The molecule has 1 atom stereocenters. The Hall–Kier alpha value is -4.25. The van der Waals surface area contributed by atoms with E-state index < -0.39 is 34.7 Å². The van der Waals surface area contributed by atoms with Gasteiger partial charge >= 0.3 is 6.18 Å². The average Bonchev–Trinajstić information content (AvgIpc) is 2.99. The highest BCUT2D eigenvalue weighted by Gasteiger charge is 2.31. The van der Waals surface area contributed by atoms with Crippen molar-refractivity contribution in [1.29, 1.82) is 0 Å². The van der Waals surface area contributed by atoms with Gasteiger partial charge in [-0.3, -0.25) is 14.4 Å². The quantitative estimate of drug-likeness (QED) is 0.124. The molecule has 3 N–H and O–H groups in total. The van der Waals surface area contributed by atoms with Crippen molar-refractivity contribution in [3.05, 3.63) is 129 Å². The summed E-state index contributed by atoms with van der Waals surface area (Å²) in [6.07, 6.45) is -3.13. The van der Waals surface area contributed by atoms with Crippen LogP contribution in [0.2, 0.25) is 10.0 Å². The molecule has 0 saturated heterocycles. The van der Waals surface area contributed by atoms with Crippen molar-refractivity contribution in [3.8, 4) is 0 Å². The van der Waals surface area contributed by atoms with E-state index in [9.17, 15) is 27.6 Å². The third-order valence-corrected chi connectivity index (χ3v) is 7.83. The lowest BCUT2D eigenvalue weighted by atomic mass is 10.1. The second kappa shape index (κ2) is 14.5. The molecule has 4 aromatic rings. The monoisotopic (exact) mass is 657 g/mol. The van der Waals surface area contributed by atoms with Crippen molar-refractivity contribution < 1.29 is 27.6 Å². The molecule has 1 unspecified atom stereocenters. The zero-order valence-electron chi connectivity index (χ0n) is 22.9. The van der Waals surface area contributed by atoms with Gasteiger partial charge in [0.05, 0.1) is 21.5 Å².